The summed E-state index contributed by atoms with van der Waals surface area (Å²) in [7, 11) is 0. The van der Waals surface area contributed by atoms with E-state index in [0.29, 0.717) is 36.7 Å². The summed E-state index contributed by atoms with van der Waals surface area (Å²) in [5.41, 5.74) is 0.161. The Hall–Kier alpha value is -0.780. The zero-order valence-corrected chi connectivity index (χ0v) is 30.4. The highest BCUT2D eigenvalue weighted by atomic mass is 16.7. The summed E-state index contributed by atoms with van der Waals surface area (Å²) in [6.45, 7) is 8.65. The number of hydrogen-bond donors (Lipinski definition) is 7. The van der Waals surface area contributed by atoms with Gasteiger partial charge in [0, 0.05) is 17.8 Å². The van der Waals surface area contributed by atoms with Crippen molar-refractivity contribution in [3.05, 3.63) is 11.6 Å². The summed E-state index contributed by atoms with van der Waals surface area (Å²) in [5.74, 6) is 1.00. The molecule has 0 amide bonds. The highest BCUT2D eigenvalue weighted by molar-refractivity contribution is 5.29. The summed E-state index contributed by atoms with van der Waals surface area (Å²) in [6, 6.07) is 0. The normalized spacial score (nSPS) is 58.1. The van der Waals surface area contributed by atoms with E-state index in [1.54, 1.807) is 0 Å². The van der Waals surface area contributed by atoms with E-state index >= 15 is 0 Å². The molecule has 0 aromatic heterocycles. The van der Waals surface area contributed by atoms with Crippen molar-refractivity contribution in [3.8, 4) is 0 Å². The van der Waals surface area contributed by atoms with Gasteiger partial charge in [-0.15, -0.1) is 0 Å². The lowest BCUT2D eigenvalue weighted by Crippen LogP contribution is -2.62. The third-order valence-corrected chi connectivity index (χ3v) is 15.5. The van der Waals surface area contributed by atoms with Gasteiger partial charge in [0.25, 0.3) is 0 Å². The molecular weight excluding hydrogens is 664 g/mol. The Morgan fingerprint density at radius 2 is 1.53 bits per heavy atom. The summed E-state index contributed by atoms with van der Waals surface area (Å²) >= 11 is 0. The van der Waals surface area contributed by atoms with Gasteiger partial charge in [0.2, 0.25) is 0 Å². The first-order valence-corrected chi connectivity index (χ1v) is 19.5. The van der Waals surface area contributed by atoms with E-state index in [1.807, 2.05) is 0 Å². The lowest BCUT2D eigenvalue weighted by Gasteiger charge is -2.60. The van der Waals surface area contributed by atoms with Gasteiger partial charge in [0.05, 0.1) is 32.0 Å². The van der Waals surface area contributed by atoms with Crippen molar-refractivity contribution in [2.24, 2.45) is 40.4 Å². The summed E-state index contributed by atoms with van der Waals surface area (Å²) in [4.78, 5) is 0. The van der Waals surface area contributed by atoms with Crippen LogP contribution in [0.4, 0.5) is 0 Å². The molecule has 8 rings (SSSR count). The van der Waals surface area contributed by atoms with E-state index < -0.39 is 79.9 Å². The maximum absolute atomic E-state index is 12.7. The number of aliphatic hydroxyl groups excluding tert-OH is 6. The third kappa shape index (κ3) is 5.43. The SMILES string of the molecule is C[C@@H]1CC[C@@]2(OC1)O[C@H]1C[C@@H]3[C@@H]4CC=C5C[C@@H](O[C@@H]6O[C@H](CO)[C@@H](O[C@@H]7O[C@@H](CO)[C@H](O)[C@H]7O)[C@H](O)[C@H]6O)CC[C@]5(C)[C@H]4CC[C@]3(C)[C@@]1(O)[C@@H]2C. The molecule has 51 heavy (non-hydrogen) atoms. The molecule has 290 valence electrons. The summed E-state index contributed by atoms with van der Waals surface area (Å²) < 4.78 is 36.6. The van der Waals surface area contributed by atoms with Crippen LogP contribution >= 0.6 is 0 Å². The van der Waals surface area contributed by atoms with Gasteiger partial charge in [-0.05, 0) is 80.5 Å². The fourth-order valence-electron chi connectivity index (χ4n) is 12.3. The van der Waals surface area contributed by atoms with Crippen molar-refractivity contribution in [3.63, 3.8) is 0 Å². The Morgan fingerprint density at radius 1 is 0.824 bits per heavy atom. The second-order valence-corrected chi connectivity index (χ2v) is 17.9. The molecule has 8 aliphatic rings. The van der Waals surface area contributed by atoms with E-state index in [4.69, 9.17) is 28.4 Å². The van der Waals surface area contributed by atoms with Crippen molar-refractivity contribution < 1.29 is 64.2 Å². The zero-order valence-electron chi connectivity index (χ0n) is 30.4. The van der Waals surface area contributed by atoms with E-state index in [9.17, 15) is 35.7 Å². The van der Waals surface area contributed by atoms with Crippen LogP contribution in [0.15, 0.2) is 11.6 Å². The Kier molecular flexibility index (Phi) is 9.60. The highest BCUT2D eigenvalue weighted by Gasteiger charge is 2.76. The van der Waals surface area contributed by atoms with E-state index in [-0.39, 0.29) is 29.0 Å². The number of ether oxygens (including phenoxy) is 6. The first kappa shape index (κ1) is 37.2. The Morgan fingerprint density at radius 3 is 2.22 bits per heavy atom. The topological polar surface area (TPSA) is 197 Å². The smallest absolute Gasteiger partial charge is 0.187 e. The van der Waals surface area contributed by atoms with Crippen molar-refractivity contribution in [2.45, 2.75) is 164 Å². The van der Waals surface area contributed by atoms with Gasteiger partial charge in [-0.3, -0.25) is 0 Å². The van der Waals surface area contributed by atoms with Crippen LogP contribution in [0.2, 0.25) is 0 Å². The van der Waals surface area contributed by atoms with Crippen molar-refractivity contribution in [1.29, 1.82) is 0 Å². The minimum atomic E-state index is -1.54. The fourth-order valence-corrected chi connectivity index (χ4v) is 12.3. The molecule has 7 N–H and O–H groups in total. The fraction of sp³-hybridized carbons (Fsp3) is 0.947. The van der Waals surface area contributed by atoms with Gasteiger partial charge in [0.1, 0.15) is 48.3 Å². The Balaban J connectivity index is 0.929. The molecule has 1 spiro atoms. The van der Waals surface area contributed by atoms with Gasteiger partial charge in [-0.25, -0.2) is 0 Å². The molecule has 0 radical (unpaired) electrons. The number of rotatable bonds is 6. The van der Waals surface area contributed by atoms with E-state index in [0.717, 1.165) is 51.4 Å². The quantitative estimate of drug-likeness (QED) is 0.193. The molecule has 0 bridgehead atoms. The molecule has 0 unspecified atom stereocenters. The zero-order chi connectivity index (χ0) is 36.2. The van der Waals surface area contributed by atoms with Crippen LogP contribution in [0, 0.1) is 40.4 Å². The molecule has 4 heterocycles. The van der Waals surface area contributed by atoms with Gasteiger partial charge >= 0.3 is 0 Å². The predicted octanol–water partition coefficient (Wildman–Crippen LogP) is 1.12. The number of fused-ring (bicyclic) bond motifs is 7. The standard InChI is InChI=1S/C38H60O13/c1-18-7-12-37(46-17-18)19(2)38(45)27(51-37)14-24-22-6-5-20-13-21(8-10-35(20,3)23(22)9-11-36(24,38)4)47-33-31(44)29(42)32(26(16-40)49-33)50-34-30(43)28(41)25(15-39)48-34/h5,18-19,21-34,39-45H,6-17H2,1-4H3/t18-,19-,21+,22-,23+,24-,25+,26-,27+,28+,29-,30-,31-,32-,33-,34+,35+,36+,37-,38-/m1/s1. The summed E-state index contributed by atoms with van der Waals surface area (Å²) in [5, 5.41) is 74.8. The summed E-state index contributed by atoms with van der Waals surface area (Å²) in [6.07, 6.45) is -2.17. The third-order valence-electron chi connectivity index (χ3n) is 15.5. The molecule has 7 fully saturated rings. The van der Waals surface area contributed by atoms with Gasteiger partial charge < -0.3 is 64.2 Å². The monoisotopic (exact) mass is 724 g/mol. The van der Waals surface area contributed by atoms with Crippen LogP contribution in [0.3, 0.4) is 0 Å². The van der Waals surface area contributed by atoms with Crippen LogP contribution in [-0.4, -0.2) is 134 Å². The van der Waals surface area contributed by atoms with E-state index in [1.165, 1.54) is 5.57 Å². The maximum atomic E-state index is 12.7. The molecule has 13 heteroatoms. The number of hydrogen-bond acceptors (Lipinski definition) is 13. The van der Waals surface area contributed by atoms with Crippen LogP contribution in [0.25, 0.3) is 0 Å². The molecule has 0 aromatic rings. The minimum absolute atomic E-state index is 0.0159. The molecule has 4 saturated heterocycles. The predicted molar refractivity (Wildman–Crippen MR) is 178 cm³/mol. The first-order valence-electron chi connectivity index (χ1n) is 19.5. The van der Waals surface area contributed by atoms with Crippen LogP contribution in [0.1, 0.15) is 85.5 Å². The van der Waals surface area contributed by atoms with Crippen molar-refractivity contribution >= 4 is 0 Å². The molecule has 0 aromatic carbocycles. The molecule has 4 aliphatic heterocycles. The molecular formula is C38H60O13. The number of allylic oxidation sites excluding steroid dienone is 1. The van der Waals surface area contributed by atoms with Crippen molar-refractivity contribution in [1.82, 2.24) is 0 Å². The number of aliphatic hydroxyl groups is 7. The average Bonchev–Trinajstić information content (AvgIpc) is 3.61. The second kappa shape index (κ2) is 13.2. The van der Waals surface area contributed by atoms with Gasteiger partial charge in [-0.2, -0.15) is 0 Å². The highest BCUT2D eigenvalue weighted by Crippen LogP contribution is 2.72. The molecule has 20 atom stereocenters. The largest absolute Gasteiger partial charge is 0.394 e. The second-order valence-electron chi connectivity index (χ2n) is 17.9. The van der Waals surface area contributed by atoms with Crippen LogP contribution in [0.5, 0.6) is 0 Å². The lowest BCUT2D eigenvalue weighted by atomic mass is 9.46. The molecule has 13 nitrogen and oxygen atoms in total. The van der Waals surface area contributed by atoms with Crippen molar-refractivity contribution in [2.75, 3.05) is 19.8 Å². The first-order chi connectivity index (χ1) is 24.2. The Labute approximate surface area is 300 Å². The molecule has 3 saturated carbocycles. The molecule has 4 aliphatic carbocycles. The minimum Gasteiger partial charge on any atom is -0.394 e. The van der Waals surface area contributed by atoms with Crippen LogP contribution < -0.4 is 0 Å². The van der Waals surface area contributed by atoms with Gasteiger partial charge in [-0.1, -0.05) is 39.3 Å². The maximum Gasteiger partial charge on any atom is 0.187 e. The Bertz CT molecular complexity index is 1320. The van der Waals surface area contributed by atoms with E-state index in [2.05, 4.69) is 33.8 Å². The average molecular weight is 725 g/mol. The van der Waals surface area contributed by atoms with Crippen LogP contribution in [-0.2, 0) is 28.4 Å². The van der Waals surface area contributed by atoms with Gasteiger partial charge in [0.15, 0.2) is 18.4 Å². The lowest BCUT2D eigenvalue weighted by molar-refractivity contribution is -0.337.